The largest absolute Gasteiger partial charge is 0.398 e. The summed E-state index contributed by atoms with van der Waals surface area (Å²) in [7, 11) is 1.86. The van der Waals surface area contributed by atoms with Crippen LogP contribution in [0.5, 0.6) is 0 Å². The molecule has 19 heavy (non-hydrogen) atoms. The van der Waals surface area contributed by atoms with Crippen LogP contribution in [0.2, 0.25) is 0 Å². The first-order chi connectivity index (χ1) is 9.08. The maximum absolute atomic E-state index is 13.7. The van der Waals surface area contributed by atoms with E-state index in [0.717, 1.165) is 15.6 Å². The van der Waals surface area contributed by atoms with Crippen molar-refractivity contribution < 1.29 is 4.39 Å². The molecule has 3 nitrogen and oxygen atoms in total. The van der Waals surface area contributed by atoms with Gasteiger partial charge in [-0.15, -0.1) is 0 Å². The number of nitrogens with zero attached hydrogens (tertiary/aromatic N) is 2. The van der Waals surface area contributed by atoms with Crippen molar-refractivity contribution in [2.24, 2.45) is 7.05 Å². The molecule has 0 aliphatic rings. The Bertz CT molecular complexity index is 780. The molecule has 0 aliphatic heterocycles. The topological polar surface area (TPSA) is 43.8 Å². The molecule has 2 aromatic carbocycles. The van der Waals surface area contributed by atoms with Gasteiger partial charge in [-0.3, -0.25) is 0 Å². The second-order valence-electron chi connectivity index (χ2n) is 4.34. The van der Waals surface area contributed by atoms with E-state index in [1.54, 1.807) is 6.07 Å². The number of fused-ring (bicyclic) bond motifs is 1. The minimum absolute atomic E-state index is 0.315. The fourth-order valence-corrected chi connectivity index (χ4v) is 2.37. The van der Waals surface area contributed by atoms with Gasteiger partial charge in [-0.2, -0.15) is 0 Å². The highest BCUT2D eigenvalue weighted by molar-refractivity contribution is 9.10. The quantitative estimate of drug-likeness (QED) is 0.695. The smallest absolute Gasteiger partial charge is 0.151 e. The van der Waals surface area contributed by atoms with Crippen molar-refractivity contribution in [1.82, 2.24) is 9.55 Å². The van der Waals surface area contributed by atoms with Crippen molar-refractivity contribution in [3.05, 3.63) is 46.7 Å². The fourth-order valence-electron chi connectivity index (χ4n) is 2.12. The fraction of sp³-hybridized carbons (Fsp3) is 0.0714. The maximum Gasteiger partial charge on any atom is 0.151 e. The molecule has 3 rings (SSSR count). The summed E-state index contributed by atoms with van der Waals surface area (Å²) >= 11 is 3.35. The maximum atomic E-state index is 13.7. The monoisotopic (exact) mass is 319 g/mol. The molecule has 0 atom stereocenters. The van der Waals surface area contributed by atoms with Gasteiger partial charge in [0.05, 0.1) is 5.52 Å². The molecular formula is C14H11BrFN3. The molecule has 0 saturated heterocycles. The number of halogens is 2. The first-order valence-electron chi connectivity index (χ1n) is 5.74. The lowest BCUT2D eigenvalue weighted by Gasteiger charge is -2.04. The van der Waals surface area contributed by atoms with Crippen molar-refractivity contribution >= 4 is 32.7 Å². The standard InChI is InChI=1S/C14H11BrFN3/c1-19-12-4-2-3-10(16)13(12)18-14(19)8-5-6-9(15)11(17)7-8/h2-7H,17H2,1H3. The van der Waals surface area contributed by atoms with Crippen LogP contribution in [-0.4, -0.2) is 9.55 Å². The Morgan fingerprint density at radius 2 is 2.05 bits per heavy atom. The number of nitrogens with two attached hydrogens (primary N) is 1. The molecule has 0 spiro atoms. The summed E-state index contributed by atoms with van der Waals surface area (Å²) < 4.78 is 16.4. The van der Waals surface area contributed by atoms with E-state index in [0.29, 0.717) is 17.0 Å². The van der Waals surface area contributed by atoms with Crippen LogP contribution in [0.1, 0.15) is 0 Å². The van der Waals surface area contributed by atoms with Crippen LogP contribution < -0.4 is 5.73 Å². The van der Waals surface area contributed by atoms with E-state index in [-0.39, 0.29) is 5.82 Å². The van der Waals surface area contributed by atoms with Gasteiger partial charge in [0, 0.05) is 22.8 Å². The Morgan fingerprint density at radius 3 is 2.74 bits per heavy atom. The van der Waals surface area contributed by atoms with Gasteiger partial charge in [-0.25, -0.2) is 9.37 Å². The van der Waals surface area contributed by atoms with Gasteiger partial charge >= 0.3 is 0 Å². The van der Waals surface area contributed by atoms with E-state index in [1.807, 2.05) is 35.9 Å². The van der Waals surface area contributed by atoms with Crippen molar-refractivity contribution in [3.8, 4) is 11.4 Å². The lowest BCUT2D eigenvalue weighted by atomic mass is 10.2. The average molecular weight is 320 g/mol. The van der Waals surface area contributed by atoms with Crippen LogP contribution in [0.3, 0.4) is 0 Å². The highest BCUT2D eigenvalue weighted by Gasteiger charge is 2.13. The first kappa shape index (κ1) is 12.2. The normalized spacial score (nSPS) is 11.1. The molecule has 0 saturated carbocycles. The summed E-state index contributed by atoms with van der Waals surface area (Å²) in [6.45, 7) is 0. The third-order valence-electron chi connectivity index (χ3n) is 3.12. The zero-order valence-electron chi connectivity index (χ0n) is 10.2. The lowest BCUT2D eigenvalue weighted by molar-refractivity contribution is 0.637. The number of hydrogen-bond donors (Lipinski definition) is 1. The molecular weight excluding hydrogens is 309 g/mol. The summed E-state index contributed by atoms with van der Waals surface area (Å²) in [6, 6.07) is 10.5. The summed E-state index contributed by atoms with van der Waals surface area (Å²) in [5.41, 5.74) is 8.50. The number of para-hydroxylation sites is 1. The SMILES string of the molecule is Cn1c(-c2ccc(Br)c(N)c2)nc2c(F)cccc21. The second kappa shape index (κ2) is 4.35. The zero-order chi connectivity index (χ0) is 13.6. The summed E-state index contributed by atoms with van der Waals surface area (Å²) in [4.78, 5) is 4.37. The van der Waals surface area contributed by atoms with Gasteiger partial charge in [0.15, 0.2) is 5.82 Å². The Morgan fingerprint density at radius 1 is 1.26 bits per heavy atom. The van der Waals surface area contributed by atoms with E-state index in [1.165, 1.54) is 6.07 Å². The Hall–Kier alpha value is -1.88. The number of anilines is 1. The van der Waals surface area contributed by atoms with Crippen LogP contribution in [0, 0.1) is 5.82 Å². The van der Waals surface area contributed by atoms with Gasteiger partial charge in [0.2, 0.25) is 0 Å². The number of aromatic nitrogens is 2. The molecule has 96 valence electrons. The number of hydrogen-bond acceptors (Lipinski definition) is 2. The minimum atomic E-state index is -0.315. The zero-order valence-corrected chi connectivity index (χ0v) is 11.8. The third kappa shape index (κ3) is 1.90. The number of aryl methyl sites for hydroxylation is 1. The van der Waals surface area contributed by atoms with Gasteiger partial charge in [0.1, 0.15) is 11.3 Å². The van der Waals surface area contributed by atoms with Crippen molar-refractivity contribution in [3.63, 3.8) is 0 Å². The summed E-state index contributed by atoms with van der Waals surface area (Å²) in [6.07, 6.45) is 0. The molecule has 3 aromatic rings. The van der Waals surface area contributed by atoms with E-state index in [2.05, 4.69) is 20.9 Å². The van der Waals surface area contributed by atoms with E-state index in [4.69, 9.17) is 5.73 Å². The predicted molar refractivity (Wildman–Crippen MR) is 78.2 cm³/mol. The first-order valence-corrected chi connectivity index (χ1v) is 6.53. The Kier molecular flexibility index (Phi) is 2.78. The molecule has 0 fully saturated rings. The van der Waals surface area contributed by atoms with Crippen LogP contribution in [0.4, 0.5) is 10.1 Å². The van der Waals surface area contributed by atoms with E-state index < -0.39 is 0 Å². The molecule has 0 unspecified atom stereocenters. The molecule has 1 aromatic heterocycles. The van der Waals surface area contributed by atoms with Crippen LogP contribution in [0.25, 0.3) is 22.4 Å². The molecule has 0 bridgehead atoms. The van der Waals surface area contributed by atoms with Gasteiger partial charge < -0.3 is 10.3 Å². The molecule has 5 heteroatoms. The number of benzene rings is 2. The Labute approximate surface area is 118 Å². The highest BCUT2D eigenvalue weighted by atomic mass is 79.9. The lowest BCUT2D eigenvalue weighted by Crippen LogP contribution is -1.94. The number of nitrogen functional groups attached to an aromatic ring is 1. The molecule has 0 amide bonds. The van der Waals surface area contributed by atoms with Gasteiger partial charge in [-0.05, 0) is 46.3 Å². The third-order valence-corrected chi connectivity index (χ3v) is 3.84. The molecule has 2 N–H and O–H groups in total. The van der Waals surface area contributed by atoms with Crippen LogP contribution in [-0.2, 0) is 7.05 Å². The Balaban J connectivity index is 2.28. The predicted octanol–water partition coefficient (Wildman–Crippen LogP) is 3.72. The average Bonchev–Trinajstić information content (AvgIpc) is 2.72. The van der Waals surface area contributed by atoms with Gasteiger partial charge in [0.25, 0.3) is 0 Å². The van der Waals surface area contributed by atoms with Crippen LogP contribution >= 0.6 is 15.9 Å². The highest BCUT2D eigenvalue weighted by Crippen LogP contribution is 2.29. The number of imidazole rings is 1. The second-order valence-corrected chi connectivity index (χ2v) is 5.19. The van der Waals surface area contributed by atoms with E-state index in [9.17, 15) is 4.39 Å². The van der Waals surface area contributed by atoms with E-state index >= 15 is 0 Å². The minimum Gasteiger partial charge on any atom is -0.398 e. The molecule has 1 heterocycles. The van der Waals surface area contributed by atoms with Crippen LogP contribution in [0.15, 0.2) is 40.9 Å². The van der Waals surface area contributed by atoms with Crippen molar-refractivity contribution in [1.29, 1.82) is 0 Å². The summed E-state index contributed by atoms with van der Waals surface area (Å²) in [5, 5.41) is 0. The van der Waals surface area contributed by atoms with Gasteiger partial charge in [-0.1, -0.05) is 6.07 Å². The number of rotatable bonds is 1. The van der Waals surface area contributed by atoms with Crippen molar-refractivity contribution in [2.75, 3.05) is 5.73 Å². The summed E-state index contributed by atoms with van der Waals surface area (Å²) in [5.74, 6) is 0.378. The molecule has 0 aliphatic carbocycles. The molecule has 0 radical (unpaired) electrons. The van der Waals surface area contributed by atoms with Crippen molar-refractivity contribution in [2.45, 2.75) is 0 Å².